The van der Waals surface area contributed by atoms with Gasteiger partial charge in [0, 0.05) is 11.6 Å². The molecule has 0 saturated carbocycles. The summed E-state index contributed by atoms with van der Waals surface area (Å²) in [4.78, 5) is 22.4. The minimum Gasteiger partial charge on any atom is -0.493 e. The number of hydrogen-bond donors (Lipinski definition) is 0. The number of benzene rings is 2. The second-order valence-corrected chi connectivity index (χ2v) is 4.94. The summed E-state index contributed by atoms with van der Waals surface area (Å²) in [5, 5.41) is 10.5. The molecule has 8 nitrogen and oxygen atoms in total. The lowest BCUT2D eigenvalue weighted by molar-refractivity contribution is -0.400. The Labute approximate surface area is 149 Å². The lowest BCUT2D eigenvalue weighted by atomic mass is 10.1. The van der Waals surface area contributed by atoms with Gasteiger partial charge in [-0.15, -0.1) is 0 Å². The van der Waals surface area contributed by atoms with Gasteiger partial charge in [-0.25, -0.2) is 4.79 Å². The summed E-state index contributed by atoms with van der Waals surface area (Å²) in [7, 11) is 4.32. The summed E-state index contributed by atoms with van der Waals surface area (Å²) in [6, 6.07) is 9.38. The molecule has 0 unspecified atom stereocenters. The monoisotopic (exact) mass is 359 g/mol. The first-order valence-corrected chi connectivity index (χ1v) is 7.43. The third kappa shape index (κ3) is 4.29. The Hall–Kier alpha value is -3.55. The van der Waals surface area contributed by atoms with Crippen molar-refractivity contribution in [1.29, 1.82) is 0 Å². The molecule has 0 aliphatic rings. The highest BCUT2D eigenvalue weighted by Crippen LogP contribution is 2.38. The van der Waals surface area contributed by atoms with Crippen molar-refractivity contribution in [2.24, 2.45) is 0 Å². The first-order valence-electron chi connectivity index (χ1n) is 7.43. The smallest absolute Gasteiger partial charge is 0.343 e. The molecule has 0 heterocycles. The lowest BCUT2D eigenvalue weighted by Crippen LogP contribution is -2.10. The molecule has 0 radical (unpaired) electrons. The molecular weight excluding hydrogens is 342 g/mol. The number of hydrogen-bond acceptors (Lipinski definition) is 7. The lowest BCUT2D eigenvalue weighted by Gasteiger charge is -2.14. The fourth-order valence-electron chi connectivity index (χ4n) is 2.21. The molecule has 0 saturated heterocycles. The van der Waals surface area contributed by atoms with Crippen LogP contribution < -0.4 is 18.9 Å². The summed E-state index contributed by atoms with van der Waals surface area (Å²) in [5.41, 5.74) is 0.567. The van der Waals surface area contributed by atoms with E-state index in [2.05, 4.69) is 0 Å². The van der Waals surface area contributed by atoms with Crippen molar-refractivity contribution in [2.45, 2.75) is 0 Å². The molecule has 0 fully saturated rings. The van der Waals surface area contributed by atoms with Gasteiger partial charge >= 0.3 is 5.97 Å². The van der Waals surface area contributed by atoms with Crippen LogP contribution in [0.1, 0.15) is 15.9 Å². The van der Waals surface area contributed by atoms with E-state index in [-0.39, 0.29) is 11.3 Å². The minimum absolute atomic E-state index is 0.174. The molecule has 136 valence electrons. The Morgan fingerprint density at radius 2 is 1.62 bits per heavy atom. The van der Waals surface area contributed by atoms with Crippen molar-refractivity contribution >= 4 is 12.0 Å². The number of carbonyl (C=O) groups excluding carboxylic acids is 1. The topological polar surface area (TPSA) is 97.1 Å². The molecule has 8 heteroatoms. The Balaban J connectivity index is 2.35. The average Bonchev–Trinajstić information content (AvgIpc) is 2.65. The van der Waals surface area contributed by atoms with Gasteiger partial charge in [0.25, 0.3) is 0 Å². The van der Waals surface area contributed by atoms with Crippen LogP contribution in [0, 0.1) is 10.1 Å². The minimum atomic E-state index is -0.675. The molecule has 0 amide bonds. The Morgan fingerprint density at radius 3 is 2.15 bits per heavy atom. The van der Waals surface area contributed by atoms with Crippen LogP contribution >= 0.6 is 0 Å². The van der Waals surface area contributed by atoms with Crippen LogP contribution in [-0.4, -0.2) is 32.2 Å². The Bertz CT molecular complexity index is 820. The highest BCUT2D eigenvalue weighted by molar-refractivity contribution is 5.93. The van der Waals surface area contributed by atoms with Gasteiger partial charge in [-0.3, -0.25) is 10.1 Å². The first-order chi connectivity index (χ1) is 12.5. The molecular formula is C18H17NO7. The summed E-state index contributed by atoms with van der Waals surface area (Å²) >= 11 is 0. The maximum atomic E-state index is 12.5. The SMILES string of the molecule is COc1cc(C(=O)Oc2ccccc2/C=C/[N+](=O)[O-])cc(OC)c1OC. The van der Waals surface area contributed by atoms with Gasteiger partial charge in [0.1, 0.15) is 5.75 Å². The molecule has 0 atom stereocenters. The number of ether oxygens (including phenoxy) is 4. The molecule has 0 N–H and O–H groups in total. The number of nitrogens with zero attached hydrogens (tertiary/aromatic N) is 1. The normalized spacial score (nSPS) is 10.4. The molecule has 2 aromatic carbocycles. The molecule has 2 rings (SSSR count). The van der Waals surface area contributed by atoms with Crippen LogP contribution in [0.3, 0.4) is 0 Å². The zero-order valence-corrected chi connectivity index (χ0v) is 14.4. The van der Waals surface area contributed by atoms with E-state index in [1.54, 1.807) is 18.2 Å². The van der Waals surface area contributed by atoms with E-state index in [0.717, 1.165) is 6.20 Å². The van der Waals surface area contributed by atoms with Crippen LogP contribution in [0.2, 0.25) is 0 Å². The van der Waals surface area contributed by atoms with Gasteiger partial charge in [-0.05, 0) is 18.2 Å². The molecule has 2 aromatic rings. The number of para-hydroxylation sites is 1. The van der Waals surface area contributed by atoms with Gasteiger partial charge in [0.15, 0.2) is 11.5 Å². The summed E-state index contributed by atoms with van der Waals surface area (Å²) < 4.78 is 21.0. The first kappa shape index (κ1) is 18.8. The number of nitro groups is 1. The number of rotatable bonds is 7. The Morgan fingerprint density at radius 1 is 1.00 bits per heavy atom. The number of carbonyl (C=O) groups is 1. The zero-order valence-electron chi connectivity index (χ0n) is 14.4. The molecule has 0 spiro atoms. The maximum absolute atomic E-state index is 12.5. The second kappa shape index (κ2) is 8.52. The summed E-state index contributed by atoms with van der Waals surface area (Å²) in [5.74, 6) is 0.470. The van der Waals surface area contributed by atoms with Crippen LogP contribution in [0.25, 0.3) is 6.08 Å². The second-order valence-electron chi connectivity index (χ2n) is 4.94. The predicted octanol–water partition coefficient (Wildman–Crippen LogP) is 3.18. The quantitative estimate of drug-likeness (QED) is 0.324. The maximum Gasteiger partial charge on any atom is 0.343 e. The van der Waals surface area contributed by atoms with E-state index >= 15 is 0 Å². The van der Waals surface area contributed by atoms with Gasteiger partial charge in [0.05, 0.1) is 31.8 Å². The molecule has 0 aromatic heterocycles. The highest BCUT2D eigenvalue weighted by atomic mass is 16.6. The van der Waals surface area contributed by atoms with Crippen LogP contribution in [-0.2, 0) is 0 Å². The van der Waals surface area contributed by atoms with Crippen LogP contribution in [0.5, 0.6) is 23.0 Å². The largest absolute Gasteiger partial charge is 0.493 e. The average molecular weight is 359 g/mol. The van der Waals surface area contributed by atoms with Crippen molar-refractivity contribution in [2.75, 3.05) is 21.3 Å². The van der Waals surface area contributed by atoms with Gasteiger partial charge in [-0.1, -0.05) is 18.2 Å². The summed E-state index contributed by atoms with van der Waals surface area (Å²) in [6.45, 7) is 0. The van der Waals surface area contributed by atoms with Crippen LogP contribution in [0.4, 0.5) is 0 Å². The Kier molecular flexibility index (Phi) is 6.15. The summed E-state index contributed by atoms with van der Waals surface area (Å²) in [6.07, 6.45) is 2.02. The van der Waals surface area contributed by atoms with E-state index in [1.165, 1.54) is 45.6 Å². The van der Waals surface area contributed by atoms with Gasteiger partial charge in [0.2, 0.25) is 11.9 Å². The van der Waals surface area contributed by atoms with E-state index in [9.17, 15) is 14.9 Å². The fraction of sp³-hybridized carbons (Fsp3) is 0.167. The molecule has 0 aliphatic carbocycles. The third-order valence-electron chi connectivity index (χ3n) is 3.40. The van der Waals surface area contributed by atoms with Crippen molar-refractivity contribution in [3.63, 3.8) is 0 Å². The molecule has 0 bridgehead atoms. The number of esters is 1. The van der Waals surface area contributed by atoms with E-state index in [1.807, 2.05) is 0 Å². The fourth-order valence-corrected chi connectivity index (χ4v) is 2.21. The molecule has 26 heavy (non-hydrogen) atoms. The number of methoxy groups -OCH3 is 3. The van der Waals surface area contributed by atoms with E-state index < -0.39 is 10.9 Å². The van der Waals surface area contributed by atoms with Crippen molar-refractivity contribution in [3.05, 3.63) is 63.8 Å². The van der Waals surface area contributed by atoms with Gasteiger partial charge < -0.3 is 18.9 Å². The highest BCUT2D eigenvalue weighted by Gasteiger charge is 2.19. The zero-order chi connectivity index (χ0) is 19.1. The molecule has 0 aliphatic heterocycles. The van der Waals surface area contributed by atoms with Crippen molar-refractivity contribution < 1.29 is 28.7 Å². The third-order valence-corrected chi connectivity index (χ3v) is 3.40. The predicted molar refractivity (Wildman–Crippen MR) is 93.5 cm³/mol. The van der Waals surface area contributed by atoms with E-state index in [0.29, 0.717) is 22.8 Å². The van der Waals surface area contributed by atoms with Crippen molar-refractivity contribution in [3.8, 4) is 23.0 Å². The standard InChI is InChI=1S/C18H17NO7/c1-23-15-10-13(11-16(24-2)17(15)25-3)18(20)26-14-7-5-4-6-12(14)8-9-19(21)22/h4-11H,1-3H3/b9-8+. The van der Waals surface area contributed by atoms with Crippen LogP contribution in [0.15, 0.2) is 42.6 Å². The van der Waals surface area contributed by atoms with Crippen molar-refractivity contribution in [1.82, 2.24) is 0 Å². The van der Waals surface area contributed by atoms with Gasteiger partial charge in [-0.2, -0.15) is 0 Å². The van der Waals surface area contributed by atoms with E-state index in [4.69, 9.17) is 18.9 Å².